The first-order valence-electron chi connectivity index (χ1n) is 9.99. The summed E-state index contributed by atoms with van der Waals surface area (Å²) < 4.78 is 61.4. The van der Waals surface area contributed by atoms with Crippen LogP contribution in [-0.4, -0.2) is 101 Å². The number of hydrogen-bond donors (Lipinski definition) is 9. The third-order valence-corrected chi connectivity index (χ3v) is 7.73. The number of nitrogens with one attached hydrogen (secondary N) is 1. The van der Waals surface area contributed by atoms with E-state index in [0.29, 0.717) is 10.8 Å². The molecule has 0 spiro atoms. The standard InChI is InChI=1S/C15H23FN2O16P2.H3N/c16-5-2-18(15(25)17-13(5)24)9-1-6(20)8(31-9)4-30-35(26,27)34-36(28,29)33-14-12(23)11(22)10(21)7(3-19)32-14;/h2,6-12,14,19-23H,1,3-4H2,(H,26,27)(H,28,29)(H,17,24,25);1H3/t6-,7+,8+,9+,10+,11-,12+,14+;/m0./s1. The molecule has 11 N–H and O–H groups in total. The molecule has 0 saturated carbocycles. The van der Waals surface area contributed by atoms with Crippen molar-refractivity contribution in [1.82, 2.24) is 15.7 Å². The van der Waals surface area contributed by atoms with Gasteiger partial charge in [-0.15, -0.1) is 0 Å². The highest BCUT2D eigenvalue weighted by Gasteiger charge is 2.48. The van der Waals surface area contributed by atoms with Gasteiger partial charge in [0.2, 0.25) is 5.82 Å². The predicted molar refractivity (Wildman–Crippen MR) is 112 cm³/mol. The van der Waals surface area contributed by atoms with Crippen LogP contribution in [0.25, 0.3) is 0 Å². The van der Waals surface area contributed by atoms with Gasteiger partial charge in [0.05, 0.1) is 25.5 Å². The van der Waals surface area contributed by atoms with Crippen molar-refractivity contribution in [3.63, 3.8) is 0 Å². The number of H-pyrrole nitrogens is 1. The molecule has 2 fully saturated rings. The quantitative estimate of drug-likeness (QED) is 0.127. The Balaban J connectivity index is 0.00000481. The van der Waals surface area contributed by atoms with Gasteiger partial charge >= 0.3 is 21.3 Å². The van der Waals surface area contributed by atoms with E-state index >= 15 is 0 Å². The van der Waals surface area contributed by atoms with Crippen LogP contribution in [0, 0.1) is 5.82 Å². The van der Waals surface area contributed by atoms with E-state index < -0.39 is 95.1 Å². The number of aromatic amines is 1. The number of phosphoric acid groups is 2. The minimum atomic E-state index is -5.58. The van der Waals surface area contributed by atoms with Crippen LogP contribution >= 0.6 is 15.6 Å². The Kier molecular flexibility index (Phi) is 10.4. The van der Waals surface area contributed by atoms with E-state index in [2.05, 4.69) is 13.4 Å². The number of aliphatic hydroxyl groups excluding tert-OH is 5. The number of hydrogen-bond acceptors (Lipinski definition) is 15. The van der Waals surface area contributed by atoms with Gasteiger partial charge < -0.3 is 50.9 Å². The fourth-order valence-corrected chi connectivity index (χ4v) is 5.50. The molecular weight excluding hydrogens is 559 g/mol. The van der Waals surface area contributed by atoms with Crippen molar-refractivity contribution in [2.75, 3.05) is 13.2 Å². The molecule has 0 aromatic carbocycles. The number of aliphatic hydroxyl groups is 5. The van der Waals surface area contributed by atoms with Gasteiger partial charge in [0.25, 0.3) is 5.56 Å². The molecule has 0 bridgehead atoms. The van der Waals surface area contributed by atoms with Gasteiger partial charge in [-0.3, -0.25) is 23.4 Å². The highest BCUT2D eigenvalue weighted by Crippen LogP contribution is 2.61. The van der Waals surface area contributed by atoms with E-state index in [1.165, 1.54) is 0 Å². The van der Waals surface area contributed by atoms with E-state index in [1.54, 1.807) is 4.98 Å². The molecular formula is C15H26FN3O16P2. The van der Waals surface area contributed by atoms with Gasteiger partial charge in [0.15, 0.2) is 6.29 Å². The summed E-state index contributed by atoms with van der Waals surface area (Å²) in [6, 6.07) is 0. The number of ether oxygens (including phenoxy) is 2. The van der Waals surface area contributed by atoms with Crippen molar-refractivity contribution in [2.45, 2.75) is 55.6 Å². The lowest BCUT2D eigenvalue weighted by atomic mass is 10.00. The number of rotatable bonds is 9. The molecule has 37 heavy (non-hydrogen) atoms. The lowest BCUT2D eigenvalue weighted by Crippen LogP contribution is -2.58. The van der Waals surface area contributed by atoms with E-state index in [-0.39, 0.29) is 12.6 Å². The molecule has 0 radical (unpaired) electrons. The average Bonchev–Trinajstić information content (AvgIpc) is 3.14. The van der Waals surface area contributed by atoms with Crippen molar-refractivity contribution >= 4 is 15.6 Å². The van der Waals surface area contributed by atoms with E-state index in [1.807, 2.05) is 0 Å². The Morgan fingerprint density at radius 2 is 1.70 bits per heavy atom. The molecule has 3 heterocycles. The Morgan fingerprint density at radius 1 is 1.05 bits per heavy atom. The molecule has 2 unspecified atom stereocenters. The molecule has 0 amide bonds. The molecule has 2 aliphatic rings. The van der Waals surface area contributed by atoms with Gasteiger partial charge in [0.1, 0.15) is 36.7 Å². The fourth-order valence-electron chi connectivity index (χ4n) is 3.34. The Bertz CT molecular complexity index is 1150. The number of aromatic nitrogens is 2. The summed E-state index contributed by atoms with van der Waals surface area (Å²) >= 11 is 0. The lowest BCUT2D eigenvalue weighted by Gasteiger charge is -2.39. The maximum absolute atomic E-state index is 13.5. The minimum Gasteiger partial charge on any atom is -0.394 e. The molecule has 19 nitrogen and oxygen atoms in total. The van der Waals surface area contributed by atoms with E-state index in [0.717, 1.165) is 0 Å². The SMILES string of the molecule is N.O=c1[nH]c(=O)n([C@H]2C[C@H](O)[C@@H](COP(=O)(O)OP(=O)(O)O[C@H]3O[C@H](CO)[C@@H](O)[C@H](O)[C@H]3O)O2)cc1F. The predicted octanol–water partition coefficient (Wildman–Crippen LogP) is -3.46. The Hall–Kier alpha value is -1.45. The molecule has 10 atom stereocenters. The first-order chi connectivity index (χ1) is 16.6. The number of nitrogens with zero attached hydrogens (tertiary/aromatic N) is 1. The van der Waals surface area contributed by atoms with Crippen molar-refractivity contribution in [1.29, 1.82) is 0 Å². The molecule has 22 heteroatoms. The maximum atomic E-state index is 13.5. The van der Waals surface area contributed by atoms with E-state index in [4.69, 9.17) is 14.6 Å². The third kappa shape index (κ3) is 7.57. The van der Waals surface area contributed by atoms with Gasteiger partial charge in [0, 0.05) is 6.42 Å². The van der Waals surface area contributed by atoms with Gasteiger partial charge in [-0.05, 0) is 0 Å². The molecule has 1 aromatic heterocycles. The van der Waals surface area contributed by atoms with Crippen molar-refractivity contribution in [3.8, 4) is 0 Å². The molecule has 2 aliphatic heterocycles. The summed E-state index contributed by atoms with van der Waals surface area (Å²) in [6.45, 7) is -1.85. The molecule has 0 aliphatic carbocycles. The van der Waals surface area contributed by atoms with Crippen molar-refractivity contribution in [3.05, 3.63) is 32.9 Å². The Morgan fingerprint density at radius 3 is 2.32 bits per heavy atom. The topological polar surface area (TPSA) is 312 Å². The highest BCUT2D eigenvalue weighted by molar-refractivity contribution is 7.61. The first kappa shape index (κ1) is 31.8. The molecule has 1 aromatic rings. The second-order valence-corrected chi connectivity index (χ2v) is 10.7. The minimum absolute atomic E-state index is 0. The van der Waals surface area contributed by atoms with Crippen molar-refractivity contribution in [2.24, 2.45) is 0 Å². The van der Waals surface area contributed by atoms with Crippen LogP contribution in [-0.2, 0) is 32.0 Å². The first-order valence-corrected chi connectivity index (χ1v) is 13.0. The van der Waals surface area contributed by atoms with Crippen LogP contribution in [0.2, 0.25) is 0 Å². The van der Waals surface area contributed by atoms with Crippen LogP contribution < -0.4 is 17.4 Å². The fraction of sp³-hybridized carbons (Fsp3) is 0.733. The molecule has 3 rings (SSSR count). The maximum Gasteiger partial charge on any atom is 0.483 e. The monoisotopic (exact) mass is 585 g/mol. The number of phosphoric ester groups is 2. The zero-order valence-electron chi connectivity index (χ0n) is 18.5. The Labute approximate surface area is 205 Å². The summed E-state index contributed by atoms with van der Waals surface area (Å²) in [7, 11) is -11.0. The third-order valence-electron chi connectivity index (χ3n) is 5.13. The second-order valence-electron chi connectivity index (χ2n) is 7.69. The summed E-state index contributed by atoms with van der Waals surface area (Å²) in [6.07, 6.45) is -13.6. The van der Waals surface area contributed by atoms with Crippen LogP contribution in [0.5, 0.6) is 0 Å². The summed E-state index contributed by atoms with van der Waals surface area (Å²) in [5.74, 6) is -1.32. The lowest BCUT2D eigenvalue weighted by molar-refractivity contribution is -0.280. The average molecular weight is 585 g/mol. The zero-order valence-corrected chi connectivity index (χ0v) is 20.3. The van der Waals surface area contributed by atoms with Crippen LogP contribution in [0.15, 0.2) is 15.8 Å². The van der Waals surface area contributed by atoms with Crippen LogP contribution in [0.4, 0.5) is 4.39 Å². The molecule has 2 saturated heterocycles. The summed E-state index contributed by atoms with van der Waals surface area (Å²) in [4.78, 5) is 44.2. The summed E-state index contributed by atoms with van der Waals surface area (Å²) in [5, 5.41) is 48.4. The zero-order chi connectivity index (χ0) is 27.0. The normalized spacial score (nSPS) is 35.4. The van der Waals surface area contributed by atoms with Gasteiger partial charge in [-0.2, -0.15) is 8.70 Å². The molecule has 214 valence electrons. The van der Waals surface area contributed by atoms with Crippen LogP contribution in [0.1, 0.15) is 12.6 Å². The van der Waals surface area contributed by atoms with E-state index in [9.17, 15) is 53.3 Å². The number of halogens is 1. The van der Waals surface area contributed by atoms with Crippen molar-refractivity contribution < 1.29 is 71.7 Å². The smallest absolute Gasteiger partial charge is 0.394 e. The van der Waals surface area contributed by atoms with Gasteiger partial charge in [-0.25, -0.2) is 13.9 Å². The highest BCUT2D eigenvalue weighted by atomic mass is 31.3. The van der Waals surface area contributed by atoms with Gasteiger partial charge in [-0.1, -0.05) is 0 Å². The van der Waals surface area contributed by atoms with Crippen LogP contribution in [0.3, 0.4) is 0 Å². The second kappa shape index (κ2) is 12.2. The summed E-state index contributed by atoms with van der Waals surface area (Å²) in [5.41, 5.74) is -2.35. The largest absolute Gasteiger partial charge is 0.483 e.